The second kappa shape index (κ2) is 4.99. The molecule has 5 heteroatoms. The normalized spacial score (nSPS) is 24.0. The molecule has 2 unspecified atom stereocenters. The van der Waals surface area contributed by atoms with Crippen molar-refractivity contribution in [3.8, 4) is 0 Å². The van der Waals surface area contributed by atoms with Crippen LogP contribution in [-0.4, -0.2) is 21.9 Å². The van der Waals surface area contributed by atoms with Crippen LogP contribution in [0.3, 0.4) is 0 Å². The molecular weight excluding hydrogens is 210 g/mol. The molecule has 0 radical (unpaired) electrons. The summed E-state index contributed by atoms with van der Waals surface area (Å²) >= 11 is 1.92. The van der Waals surface area contributed by atoms with E-state index in [9.17, 15) is 0 Å². The van der Waals surface area contributed by atoms with Gasteiger partial charge in [-0.2, -0.15) is 4.98 Å². The van der Waals surface area contributed by atoms with Crippen molar-refractivity contribution in [1.29, 1.82) is 0 Å². The maximum Gasteiger partial charge on any atom is 0.239 e. The fraction of sp³-hybridized carbons (Fsp3) is 0.800. The molecule has 1 aromatic rings. The van der Waals surface area contributed by atoms with E-state index in [-0.39, 0.29) is 6.04 Å². The van der Waals surface area contributed by atoms with Gasteiger partial charge >= 0.3 is 0 Å². The number of hydrogen-bond acceptors (Lipinski definition) is 5. The van der Waals surface area contributed by atoms with Gasteiger partial charge in [0.1, 0.15) is 0 Å². The largest absolute Gasteiger partial charge is 0.338 e. The van der Waals surface area contributed by atoms with Crippen LogP contribution in [0.1, 0.15) is 43.2 Å². The number of nitrogens with zero attached hydrogens (tertiary/aromatic N) is 2. The zero-order valence-corrected chi connectivity index (χ0v) is 9.80. The quantitative estimate of drug-likeness (QED) is 0.854. The molecule has 2 heterocycles. The van der Waals surface area contributed by atoms with Crippen molar-refractivity contribution in [2.75, 3.05) is 5.75 Å². The van der Waals surface area contributed by atoms with Crippen LogP contribution in [0.5, 0.6) is 0 Å². The molecule has 1 aliphatic heterocycles. The van der Waals surface area contributed by atoms with Gasteiger partial charge in [0.25, 0.3) is 0 Å². The van der Waals surface area contributed by atoms with E-state index in [0.717, 1.165) is 18.1 Å². The molecule has 2 rings (SSSR count). The van der Waals surface area contributed by atoms with E-state index >= 15 is 0 Å². The highest BCUT2D eigenvalue weighted by molar-refractivity contribution is 7.99. The Morgan fingerprint density at radius 3 is 3.13 bits per heavy atom. The Morgan fingerprint density at radius 2 is 2.47 bits per heavy atom. The molecule has 1 saturated heterocycles. The maximum atomic E-state index is 5.69. The Kier molecular flexibility index (Phi) is 3.64. The van der Waals surface area contributed by atoms with E-state index in [4.69, 9.17) is 10.3 Å². The lowest BCUT2D eigenvalue weighted by atomic mass is 10.2. The maximum absolute atomic E-state index is 5.69. The van der Waals surface area contributed by atoms with Gasteiger partial charge in [0, 0.05) is 12.5 Å². The molecule has 0 amide bonds. The van der Waals surface area contributed by atoms with E-state index in [0.29, 0.717) is 11.7 Å². The van der Waals surface area contributed by atoms with E-state index < -0.39 is 0 Å². The van der Waals surface area contributed by atoms with Gasteiger partial charge in [-0.3, -0.25) is 0 Å². The molecule has 1 fully saturated rings. The third kappa shape index (κ3) is 2.95. The minimum absolute atomic E-state index is 0.0921. The summed E-state index contributed by atoms with van der Waals surface area (Å²) in [5.74, 6) is 2.73. The number of nitrogens with two attached hydrogens (primary N) is 1. The predicted octanol–water partition coefficient (Wildman–Crippen LogP) is 1.92. The average Bonchev–Trinajstić information content (AvgIpc) is 2.67. The Balaban J connectivity index is 1.99. The van der Waals surface area contributed by atoms with Gasteiger partial charge in [-0.15, -0.1) is 11.8 Å². The third-order valence-corrected chi connectivity index (χ3v) is 3.81. The summed E-state index contributed by atoms with van der Waals surface area (Å²) < 4.78 is 5.27. The molecule has 2 atom stereocenters. The Labute approximate surface area is 94.0 Å². The molecular formula is C10H17N3OS. The van der Waals surface area contributed by atoms with Crippen LogP contribution in [0.4, 0.5) is 0 Å². The van der Waals surface area contributed by atoms with Crippen LogP contribution < -0.4 is 5.73 Å². The molecule has 4 nitrogen and oxygen atoms in total. The van der Waals surface area contributed by atoms with Gasteiger partial charge in [0.2, 0.25) is 5.89 Å². The van der Waals surface area contributed by atoms with E-state index in [1.807, 2.05) is 18.7 Å². The first-order valence-corrected chi connectivity index (χ1v) is 6.50. The molecule has 0 aromatic carbocycles. The molecule has 0 bridgehead atoms. The van der Waals surface area contributed by atoms with Gasteiger partial charge in [-0.25, -0.2) is 0 Å². The van der Waals surface area contributed by atoms with Gasteiger partial charge in [0.15, 0.2) is 5.82 Å². The summed E-state index contributed by atoms with van der Waals surface area (Å²) in [6.45, 7) is 1.95. The molecule has 0 aliphatic carbocycles. The van der Waals surface area contributed by atoms with Crippen molar-refractivity contribution in [3.63, 3.8) is 0 Å². The van der Waals surface area contributed by atoms with Gasteiger partial charge in [-0.1, -0.05) is 11.6 Å². The SMILES string of the molecule is CC(N)Cc1noc(C2CCCCS2)n1. The Bertz CT molecular complexity index is 307. The highest BCUT2D eigenvalue weighted by Crippen LogP contribution is 2.37. The third-order valence-electron chi connectivity index (χ3n) is 2.44. The van der Waals surface area contributed by atoms with Gasteiger partial charge < -0.3 is 10.3 Å². The van der Waals surface area contributed by atoms with Gasteiger partial charge in [-0.05, 0) is 25.5 Å². The molecule has 0 saturated carbocycles. The smallest absolute Gasteiger partial charge is 0.239 e. The van der Waals surface area contributed by atoms with E-state index in [1.165, 1.54) is 18.6 Å². The number of thioether (sulfide) groups is 1. The number of aromatic nitrogens is 2. The first kappa shape index (κ1) is 11.0. The number of hydrogen-bond donors (Lipinski definition) is 1. The van der Waals surface area contributed by atoms with Crippen molar-refractivity contribution in [2.24, 2.45) is 5.73 Å². The summed E-state index contributed by atoms with van der Waals surface area (Å²) in [5, 5.41) is 4.36. The van der Waals surface area contributed by atoms with Crippen molar-refractivity contribution in [1.82, 2.24) is 10.1 Å². The summed E-state index contributed by atoms with van der Waals surface area (Å²) in [5.41, 5.74) is 5.69. The first-order chi connectivity index (χ1) is 7.25. The van der Waals surface area contributed by atoms with Crippen LogP contribution in [-0.2, 0) is 6.42 Å². The summed E-state index contributed by atoms with van der Waals surface area (Å²) in [6, 6.07) is 0.0921. The number of rotatable bonds is 3. The minimum atomic E-state index is 0.0921. The fourth-order valence-electron chi connectivity index (χ4n) is 1.70. The van der Waals surface area contributed by atoms with Crippen molar-refractivity contribution < 1.29 is 4.52 Å². The van der Waals surface area contributed by atoms with E-state index in [2.05, 4.69) is 10.1 Å². The lowest BCUT2D eigenvalue weighted by molar-refractivity contribution is 0.364. The van der Waals surface area contributed by atoms with Crippen LogP contribution in [0, 0.1) is 0 Å². The van der Waals surface area contributed by atoms with Crippen molar-refractivity contribution in [2.45, 2.75) is 43.9 Å². The van der Waals surface area contributed by atoms with Crippen LogP contribution in [0.25, 0.3) is 0 Å². The zero-order valence-electron chi connectivity index (χ0n) is 8.98. The summed E-state index contributed by atoms with van der Waals surface area (Å²) in [7, 11) is 0. The molecule has 15 heavy (non-hydrogen) atoms. The van der Waals surface area contributed by atoms with Gasteiger partial charge in [0.05, 0.1) is 5.25 Å². The standard InChI is InChI=1S/C10H17N3OS/c1-7(11)6-9-12-10(14-13-9)8-4-2-3-5-15-8/h7-8H,2-6,11H2,1H3. The summed E-state index contributed by atoms with van der Waals surface area (Å²) in [4.78, 5) is 4.40. The predicted molar refractivity (Wildman–Crippen MR) is 60.7 cm³/mol. The first-order valence-electron chi connectivity index (χ1n) is 5.45. The van der Waals surface area contributed by atoms with Crippen LogP contribution in [0.2, 0.25) is 0 Å². The second-order valence-corrected chi connectivity index (χ2v) is 5.40. The molecule has 0 spiro atoms. The minimum Gasteiger partial charge on any atom is -0.338 e. The Hall–Kier alpha value is -0.550. The zero-order chi connectivity index (χ0) is 10.7. The molecule has 2 N–H and O–H groups in total. The molecule has 1 aromatic heterocycles. The highest BCUT2D eigenvalue weighted by atomic mass is 32.2. The Morgan fingerprint density at radius 1 is 1.60 bits per heavy atom. The lowest BCUT2D eigenvalue weighted by Crippen LogP contribution is -2.18. The lowest BCUT2D eigenvalue weighted by Gasteiger charge is -2.16. The highest BCUT2D eigenvalue weighted by Gasteiger charge is 2.22. The summed E-state index contributed by atoms with van der Waals surface area (Å²) in [6.07, 6.45) is 4.43. The fourth-order valence-corrected chi connectivity index (χ4v) is 2.93. The molecule has 1 aliphatic rings. The van der Waals surface area contributed by atoms with Crippen molar-refractivity contribution in [3.05, 3.63) is 11.7 Å². The molecule has 84 valence electrons. The van der Waals surface area contributed by atoms with Crippen LogP contribution >= 0.6 is 11.8 Å². The van der Waals surface area contributed by atoms with Crippen LogP contribution in [0.15, 0.2) is 4.52 Å². The monoisotopic (exact) mass is 227 g/mol. The van der Waals surface area contributed by atoms with E-state index in [1.54, 1.807) is 0 Å². The average molecular weight is 227 g/mol. The second-order valence-electron chi connectivity index (χ2n) is 4.09. The topological polar surface area (TPSA) is 64.9 Å². The van der Waals surface area contributed by atoms with Crippen molar-refractivity contribution >= 4 is 11.8 Å².